The third-order valence-electron chi connectivity index (χ3n) is 4.90. The van der Waals surface area contributed by atoms with Gasteiger partial charge in [0.2, 0.25) is 0 Å². The predicted molar refractivity (Wildman–Crippen MR) is 104 cm³/mol. The Labute approximate surface area is 153 Å². The van der Waals surface area contributed by atoms with Gasteiger partial charge in [0.25, 0.3) is 0 Å². The molecule has 2 rings (SSSR count). The fourth-order valence-electron chi connectivity index (χ4n) is 3.28. The summed E-state index contributed by atoms with van der Waals surface area (Å²) in [6.07, 6.45) is 0. The van der Waals surface area contributed by atoms with Crippen LogP contribution >= 0.6 is 0 Å². The molecule has 7 heteroatoms. The molecule has 1 atom stereocenters. The zero-order valence-electron chi connectivity index (χ0n) is 16.5. The van der Waals surface area contributed by atoms with Gasteiger partial charge in [0.15, 0.2) is 5.96 Å². The van der Waals surface area contributed by atoms with E-state index in [2.05, 4.69) is 46.2 Å². The number of hydrogen-bond donors (Lipinski definition) is 2. The SMILES string of the molecule is CCNC(=NCC(C)CN1CCN(C)CC1)NCCN1CCOCC1. The van der Waals surface area contributed by atoms with Crippen molar-refractivity contribution in [3.05, 3.63) is 0 Å². The molecule has 0 bridgehead atoms. The van der Waals surface area contributed by atoms with E-state index >= 15 is 0 Å². The Balaban J connectivity index is 1.66. The number of nitrogens with one attached hydrogen (secondary N) is 2. The van der Waals surface area contributed by atoms with Gasteiger partial charge in [-0.25, -0.2) is 0 Å². The summed E-state index contributed by atoms with van der Waals surface area (Å²) in [5.74, 6) is 1.53. The topological polar surface area (TPSA) is 55.4 Å². The Morgan fingerprint density at radius 1 is 1.04 bits per heavy atom. The van der Waals surface area contributed by atoms with Crippen molar-refractivity contribution in [1.29, 1.82) is 0 Å². The number of ether oxygens (including phenoxy) is 1. The molecular formula is C18H38N6O. The minimum absolute atomic E-state index is 0.582. The predicted octanol–water partition coefficient (Wildman–Crippen LogP) is -0.243. The highest BCUT2D eigenvalue weighted by Crippen LogP contribution is 2.05. The number of rotatable bonds is 8. The molecule has 7 nitrogen and oxygen atoms in total. The van der Waals surface area contributed by atoms with Gasteiger partial charge in [0.05, 0.1) is 13.2 Å². The molecule has 2 saturated heterocycles. The maximum absolute atomic E-state index is 5.39. The number of aliphatic imine (C=N–C) groups is 1. The molecule has 0 saturated carbocycles. The molecule has 2 fully saturated rings. The molecule has 2 N–H and O–H groups in total. The Morgan fingerprint density at radius 3 is 2.44 bits per heavy atom. The second kappa shape index (κ2) is 11.7. The summed E-state index contributed by atoms with van der Waals surface area (Å²) in [4.78, 5) is 12.2. The lowest BCUT2D eigenvalue weighted by Crippen LogP contribution is -2.46. The Hall–Kier alpha value is -0.890. The van der Waals surface area contributed by atoms with Crippen molar-refractivity contribution in [3.63, 3.8) is 0 Å². The van der Waals surface area contributed by atoms with Crippen molar-refractivity contribution in [2.45, 2.75) is 13.8 Å². The van der Waals surface area contributed by atoms with Crippen LogP contribution in [0.5, 0.6) is 0 Å². The third kappa shape index (κ3) is 8.35. The van der Waals surface area contributed by atoms with E-state index in [9.17, 15) is 0 Å². The second-order valence-corrected chi connectivity index (χ2v) is 7.31. The van der Waals surface area contributed by atoms with Crippen LogP contribution in [-0.2, 0) is 4.74 Å². The van der Waals surface area contributed by atoms with Crippen molar-refractivity contribution in [1.82, 2.24) is 25.3 Å². The van der Waals surface area contributed by atoms with Crippen LogP contribution in [0.25, 0.3) is 0 Å². The van der Waals surface area contributed by atoms with Crippen LogP contribution in [0.1, 0.15) is 13.8 Å². The minimum Gasteiger partial charge on any atom is -0.379 e. The first kappa shape index (κ1) is 20.4. The van der Waals surface area contributed by atoms with Gasteiger partial charge in [-0.15, -0.1) is 0 Å². The van der Waals surface area contributed by atoms with Crippen molar-refractivity contribution < 1.29 is 4.74 Å². The normalized spacial score (nSPS) is 22.8. The van der Waals surface area contributed by atoms with Crippen molar-refractivity contribution >= 4 is 5.96 Å². The number of hydrogen-bond acceptors (Lipinski definition) is 5. The smallest absolute Gasteiger partial charge is 0.191 e. The standard InChI is InChI=1S/C18H38N6O/c1-4-19-18(20-5-6-23-11-13-25-14-12-23)21-15-17(2)16-24-9-7-22(3)8-10-24/h17H,4-16H2,1-3H3,(H2,19,20,21). The highest BCUT2D eigenvalue weighted by Gasteiger charge is 2.16. The summed E-state index contributed by atoms with van der Waals surface area (Å²) < 4.78 is 5.39. The van der Waals surface area contributed by atoms with Gasteiger partial charge < -0.3 is 25.2 Å². The monoisotopic (exact) mass is 354 g/mol. The first-order valence-electron chi connectivity index (χ1n) is 9.90. The minimum atomic E-state index is 0.582. The lowest BCUT2D eigenvalue weighted by atomic mass is 10.1. The van der Waals surface area contributed by atoms with Crippen LogP contribution in [0.4, 0.5) is 0 Å². The average molecular weight is 355 g/mol. The Bertz CT molecular complexity index is 378. The molecule has 0 aliphatic carbocycles. The number of piperazine rings is 1. The van der Waals surface area contributed by atoms with Crippen LogP contribution in [-0.4, -0.2) is 113 Å². The molecule has 0 aromatic heterocycles. The summed E-state index contributed by atoms with van der Waals surface area (Å²) in [6, 6.07) is 0. The van der Waals surface area contributed by atoms with Crippen molar-refractivity contribution in [3.8, 4) is 0 Å². The largest absolute Gasteiger partial charge is 0.379 e. The van der Waals surface area contributed by atoms with Crippen LogP contribution < -0.4 is 10.6 Å². The van der Waals surface area contributed by atoms with Gasteiger partial charge in [0.1, 0.15) is 0 Å². The molecule has 0 aromatic carbocycles. The molecule has 0 radical (unpaired) electrons. The van der Waals surface area contributed by atoms with E-state index in [1.54, 1.807) is 0 Å². The summed E-state index contributed by atoms with van der Waals surface area (Å²) >= 11 is 0. The van der Waals surface area contributed by atoms with Gasteiger partial charge in [-0.2, -0.15) is 0 Å². The van der Waals surface area contributed by atoms with E-state index in [0.717, 1.165) is 65.0 Å². The summed E-state index contributed by atoms with van der Waals surface area (Å²) in [5, 5.41) is 6.83. The highest BCUT2D eigenvalue weighted by molar-refractivity contribution is 5.79. The molecular weight excluding hydrogens is 316 g/mol. The summed E-state index contributed by atoms with van der Waals surface area (Å²) in [6.45, 7) is 17.8. The van der Waals surface area contributed by atoms with Gasteiger partial charge in [-0.1, -0.05) is 6.92 Å². The molecule has 2 aliphatic rings. The Morgan fingerprint density at radius 2 is 1.76 bits per heavy atom. The van der Waals surface area contributed by atoms with Crippen molar-refractivity contribution in [2.24, 2.45) is 10.9 Å². The summed E-state index contributed by atoms with van der Waals surface area (Å²) in [7, 11) is 2.20. The van der Waals surface area contributed by atoms with E-state index in [1.165, 1.54) is 26.2 Å². The van der Waals surface area contributed by atoms with E-state index in [1.807, 2.05) is 0 Å². The van der Waals surface area contributed by atoms with Crippen LogP contribution in [0.2, 0.25) is 0 Å². The fourth-order valence-corrected chi connectivity index (χ4v) is 3.28. The number of likely N-dealkylation sites (N-methyl/N-ethyl adjacent to an activating group) is 1. The first-order valence-corrected chi connectivity index (χ1v) is 9.90. The van der Waals surface area contributed by atoms with Crippen LogP contribution in [0, 0.1) is 5.92 Å². The highest BCUT2D eigenvalue weighted by atomic mass is 16.5. The second-order valence-electron chi connectivity index (χ2n) is 7.31. The molecule has 25 heavy (non-hydrogen) atoms. The molecule has 146 valence electrons. The number of morpholine rings is 1. The molecule has 0 spiro atoms. The third-order valence-corrected chi connectivity index (χ3v) is 4.90. The zero-order valence-corrected chi connectivity index (χ0v) is 16.5. The van der Waals surface area contributed by atoms with E-state index in [-0.39, 0.29) is 0 Å². The molecule has 2 heterocycles. The fraction of sp³-hybridized carbons (Fsp3) is 0.944. The molecule has 0 aromatic rings. The van der Waals surface area contributed by atoms with Crippen LogP contribution in [0.15, 0.2) is 4.99 Å². The van der Waals surface area contributed by atoms with E-state index < -0.39 is 0 Å². The lowest BCUT2D eigenvalue weighted by molar-refractivity contribution is 0.0389. The van der Waals surface area contributed by atoms with Gasteiger partial charge in [-0.3, -0.25) is 9.89 Å². The Kier molecular flexibility index (Phi) is 9.54. The lowest BCUT2D eigenvalue weighted by Gasteiger charge is -2.33. The molecule has 2 aliphatic heterocycles. The first-order chi connectivity index (χ1) is 12.2. The molecule has 1 unspecified atom stereocenters. The van der Waals surface area contributed by atoms with Gasteiger partial charge in [-0.05, 0) is 19.9 Å². The quantitative estimate of drug-likeness (QED) is 0.463. The van der Waals surface area contributed by atoms with E-state index in [4.69, 9.17) is 9.73 Å². The number of guanidine groups is 1. The maximum atomic E-state index is 5.39. The molecule has 0 amide bonds. The number of nitrogens with zero attached hydrogens (tertiary/aromatic N) is 4. The van der Waals surface area contributed by atoms with E-state index in [0.29, 0.717) is 5.92 Å². The summed E-state index contributed by atoms with van der Waals surface area (Å²) in [5.41, 5.74) is 0. The average Bonchev–Trinajstić information content (AvgIpc) is 2.62. The van der Waals surface area contributed by atoms with Gasteiger partial charge in [0, 0.05) is 72.0 Å². The zero-order chi connectivity index (χ0) is 17.9. The van der Waals surface area contributed by atoms with Gasteiger partial charge >= 0.3 is 0 Å². The maximum Gasteiger partial charge on any atom is 0.191 e. The van der Waals surface area contributed by atoms with Crippen molar-refractivity contribution in [2.75, 3.05) is 92.3 Å². The van der Waals surface area contributed by atoms with Crippen LogP contribution in [0.3, 0.4) is 0 Å².